The van der Waals surface area contributed by atoms with Crippen LogP contribution in [0.2, 0.25) is 0 Å². The Hall–Kier alpha value is -0.940. The maximum atomic E-state index is 10.6. The minimum atomic E-state index is -0.570. The van der Waals surface area contributed by atoms with Crippen molar-refractivity contribution >= 4 is 51.4 Å². The maximum Gasteiger partial charge on any atom is 0.191 e. The Morgan fingerprint density at radius 2 is 1.84 bits per heavy atom. The Kier molecular flexibility index (Phi) is 12.1. The molecule has 1 fully saturated rings. The van der Waals surface area contributed by atoms with Crippen molar-refractivity contribution in [3.05, 3.63) is 35.2 Å². The molecule has 1 atom stereocenters. The van der Waals surface area contributed by atoms with Crippen molar-refractivity contribution in [1.29, 1.82) is 0 Å². The third-order valence-corrected chi connectivity index (χ3v) is 6.86. The monoisotopic (exact) mass is 559 g/mol. The molecule has 0 bridgehead atoms. The number of guanidine groups is 1. The molecule has 1 saturated heterocycles. The first-order chi connectivity index (χ1) is 14.7. The first kappa shape index (κ1) is 26.3. The van der Waals surface area contributed by atoms with E-state index >= 15 is 0 Å². The SMILES string of the molecule is CCNC(=NCC(O)c1cc2ccccc2s1)NCCCCN1CCN(CC)CC1.I. The molecule has 2 heterocycles. The van der Waals surface area contributed by atoms with E-state index in [-0.39, 0.29) is 24.0 Å². The number of hydrogen-bond acceptors (Lipinski definition) is 5. The van der Waals surface area contributed by atoms with E-state index in [1.54, 1.807) is 11.3 Å². The molecule has 1 unspecified atom stereocenters. The maximum absolute atomic E-state index is 10.6. The molecular weight excluding hydrogens is 521 g/mol. The number of aliphatic hydroxyl groups is 1. The van der Waals surface area contributed by atoms with Gasteiger partial charge < -0.3 is 25.5 Å². The van der Waals surface area contributed by atoms with E-state index < -0.39 is 6.10 Å². The zero-order valence-corrected chi connectivity index (χ0v) is 22.0. The fourth-order valence-electron chi connectivity index (χ4n) is 3.77. The fourth-order valence-corrected chi connectivity index (χ4v) is 4.81. The average Bonchev–Trinajstić information content (AvgIpc) is 3.22. The summed E-state index contributed by atoms with van der Waals surface area (Å²) in [5.41, 5.74) is 0. The Morgan fingerprint density at radius 1 is 1.10 bits per heavy atom. The molecule has 2 aromatic rings. The number of likely N-dealkylation sites (N-methyl/N-ethyl adjacent to an activating group) is 1. The smallest absolute Gasteiger partial charge is 0.191 e. The largest absolute Gasteiger partial charge is 0.386 e. The predicted molar refractivity (Wildman–Crippen MR) is 144 cm³/mol. The Balaban J connectivity index is 0.00000341. The molecule has 1 aliphatic heterocycles. The van der Waals surface area contributed by atoms with Crippen LogP contribution in [0.3, 0.4) is 0 Å². The predicted octanol–water partition coefficient (Wildman–Crippen LogP) is 3.53. The Labute approximate surface area is 208 Å². The van der Waals surface area contributed by atoms with Gasteiger partial charge in [0, 0.05) is 48.8 Å². The highest BCUT2D eigenvalue weighted by atomic mass is 127. The molecule has 0 radical (unpaired) electrons. The Bertz CT molecular complexity index is 758. The molecule has 1 aromatic carbocycles. The van der Waals surface area contributed by atoms with Crippen LogP contribution < -0.4 is 10.6 Å². The second kappa shape index (κ2) is 14.3. The summed E-state index contributed by atoms with van der Waals surface area (Å²) >= 11 is 1.64. The molecule has 6 nitrogen and oxygen atoms in total. The van der Waals surface area contributed by atoms with Crippen LogP contribution in [-0.4, -0.2) is 79.8 Å². The molecule has 3 rings (SSSR count). The number of thiophene rings is 1. The second-order valence-electron chi connectivity index (χ2n) is 7.83. The van der Waals surface area contributed by atoms with Gasteiger partial charge in [-0.05, 0) is 50.4 Å². The fraction of sp³-hybridized carbons (Fsp3) is 0.609. The van der Waals surface area contributed by atoms with Gasteiger partial charge >= 0.3 is 0 Å². The summed E-state index contributed by atoms with van der Waals surface area (Å²) in [5.74, 6) is 0.786. The van der Waals surface area contributed by atoms with Gasteiger partial charge in [-0.15, -0.1) is 35.3 Å². The lowest BCUT2D eigenvalue weighted by Gasteiger charge is -2.34. The van der Waals surface area contributed by atoms with Crippen LogP contribution in [-0.2, 0) is 0 Å². The number of unbranched alkanes of at least 4 members (excludes halogenated alkanes) is 1. The summed E-state index contributed by atoms with van der Waals surface area (Å²) in [4.78, 5) is 10.7. The first-order valence-corrected chi connectivity index (χ1v) is 12.1. The molecule has 8 heteroatoms. The molecule has 31 heavy (non-hydrogen) atoms. The zero-order valence-electron chi connectivity index (χ0n) is 18.8. The van der Waals surface area contributed by atoms with Crippen molar-refractivity contribution in [2.45, 2.75) is 32.8 Å². The molecule has 174 valence electrons. The summed E-state index contributed by atoms with van der Waals surface area (Å²) in [5, 5.41) is 18.4. The number of fused-ring (bicyclic) bond motifs is 1. The van der Waals surface area contributed by atoms with E-state index in [1.165, 1.54) is 55.8 Å². The van der Waals surface area contributed by atoms with Crippen molar-refractivity contribution in [3.63, 3.8) is 0 Å². The van der Waals surface area contributed by atoms with Crippen molar-refractivity contribution < 1.29 is 5.11 Å². The minimum absolute atomic E-state index is 0. The van der Waals surface area contributed by atoms with Crippen molar-refractivity contribution in [2.24, 2.45) is 4.99 Å². The van der Waals surface area contributed by atoms with Crippen LogP contribution in [0.25, 0.3) is 10.1 Å². The lowest BCUT2D eigenvalue weighted by Crippen LogP contribution is -2.46. The number of piperazine rings is 1. The van der Waals surface area contributed by atoms with Crippen LogP contribution >= 0.6 is 35.3 Å². The summed E-state index contributed by atoms with van der Waals surface area (Å²) < 4.78 is 1.21. The summed E-state index contributed by atoms with van der Waals surface area (Å²) in [7, 11) is 0. The number of halogens is 1. The van der Waals surface area contributed by atoms with E-state index in [1.807, 2.05) is 12.1 Å². The highest BCUT2D eigenvalue weighted by Gasteiger charge is 2.14. The van der Waals surface area contributed by atoms with Crippen LogP contribution in [0.1, 0.15) is 37.7 Å². The lowest BCUT2D eigenvalue weighted by molar-refractivity contribution is 0.136. The number of aliphatic imine (C=N–C) groups is 1. The van der Waals surface area contributed by atoms with Crippen LogP contribution in [0, 0.1) is 0 Å². The first-order valence-electron chi connectivity index (χ1n) is 11.3. The second-order valence-corrected chi connectivity index (χ2v) is 8.95. The van der Waals surface area contributed by atoms with E-state index in [2.05, 4.69) is 57.5 Å². The van der Waals surface area contributed by atoms with Gasteiger partial charge in [0.05, 0.1) is 6.54 Å². The third kappa shape index (κ3) is 8.49. The number of nitrogens with zero attached hydrogens (tertiary/aromatic N) is 3. The van der Waals surface area contributed by atoms with E-state index in [9.17, 15) is 5.11 Å². The average molecular weight is 560 g/mol. The van der Waals surface area contributed by atoms with Gasteiger partial charge in [0.2, 0.25) is 0 Å². The summed E-state index contributed by atoms with van der Waals surface area (Å²) in [6, 6.07) is 10.3. The molecule has 0 spiro atoms. The van der Waals surface area contributed by atoms with Gasteiger partial charge in [-0.3, -0.25) is 4.99 Å². The number of hydrogen-bond donors (Lipinski definition) is 3. The normalized spacial score (nSPS) is 16.8. The van der Waals surface area contributed by atoms with Gasteiger partial charge in [0.1, 0.15) is 6.10 Å². The van der Waals surface area contributed by atoms with Gasteiger partial charge in [-0.2, -0.15) is 0 Å². The molecule has 1 aromatic heterocycles. The van der Waals surface area contributed by atoms with Crippen LogP contribution in [0.4, 0.5) is 0 Å². The molecule has 0 aliphatic carbocycles. The van der Waals surface area contributed by atoms with E-state index in [4.69, 9.17) is 0 Å². The Morgan fingerprint density at radius 3 is 2.55 bits per heavy atom. The molecule has 3 N–H and O–H groups in total. The number of benzene rings is 1. The van der Waals surface area contributed by atoms with Gasteiger partial charge in [0.25, 0.3) is 0 Å². The number of aliphatic hydroxyl groups excluding tert-OH is 1. The highest BCUT2D eigenvalue weighted by Crippen LogP contribution is 2.29. The molecule has 0 saturated carbocycles. The summed E-state index contributed by atoms with van der Waals surface area (Å²) in [6.45, 7) is 13.5. The standard InChI is InChI=1S/C23H37N5OS.HI/c1-3-24-23(25-11-7-8-12-28-15-13-27(4-2)14-16-28)26-18-20(29)22-17-19-9-5-6-10-21(19)30-22;/h5-6,9-10,17,20,29H,3-4,7-8,11-16,18H2,1-2H3,(H2,24,25,26);1H. The minimum Gasteiger partial charge on any atom is -0.386 e. The molecule has 1 aliphatic rings. The van der Waals surface area contributed by atoms with Crippen molar-refractivity contribution in [1.82, 2.24) is 20.4 Å². The number of rotatable bonds is 10. The zero-order chi connectivity index (χ0) is 21.2. The van der Waals surface area contributed by atoms with Gasteiger partial charge in [-0.25, -0.2) is 0 Å². The third-order valence-electron chi connectivity index (χ3n) is 5.65. The molecular formula is C23H38IN5OS. The van der Waals surface area contributed by atoms with Crippen molar-refractivity contribution in [2.75, 3.05) is 58.9 Å². The van der Waals surface area contributed by atoms with Crippen molar-refractivity contribution in [3.8, 4) is 0 Å². The van der Waals surface area contributed by atoms with E-state index in [0.717, 1.165) is 30.3 Å². The highest BCUT2D eigenvalue weighted by molar-refractivity contribution is 14.0. The lowest BCUT2D eigenvalue weighted by atomic mass is 10.2. The topological polar surface area (TPSA) is 63.1 Å². The summed E-state index contributed by atoms with van der Waals surface area (Å²) in [6.07, 6.45) is 1.75. The van der Waals surface area contributed by atoms with Gasteiger partial charge in [0.15, 0.2) is 5.96 Å². The van der Waals surface area contributed by atoms with Crippen LogP contribution in [0.15, 0.2) is 35.3 Å². The number of nitrogens with one attached hydrogen (secondary N) is 2. The molecule has 0 amide bonds. The van der Waals surface area contributed by atoms with Gasteiger partial charge in [-0.1, -0.05) is 25.1 Å². The van der Waals surface area contributed by atoms with Crippen LogP contribution in [0.5, 0.6) is 0 Å². The quantitative estimate of drug-likeness (QED) is 0.180. The van der Waals surface area contributed by atoms with E-state index in [0.29, 0.717) is 6.54 Å².